The molecular formula is C22H19FN2O3S. The van der Waals surface area contributed by atoms with E-state index in [-0.39, 0.29) is 16.5 Å². The summed E-state index contributed by atoms with van der Waals surface area (Å²) < 4.78 is 41.1. The molecule has 0 saturated heterocycles. The maximum absolute atomic E-state index is 13.3. The zero-order valence-electron chi connectivity index (χ0n) is 15.7. The number of fused-ring (bicyclic) bond motifs is 1. The minimum absolute atomic E-state index is 0.0742. The molecule has 1 aliphatic heterocycles. The number of nitrogens with zero attached hydrogens (tertiary/aromatic N) is 1. The quantitative estimate of drug-likeness (QED) is 0.703. The molecule has 1 N–H and O–H groups in total. The van der Waals surface area contributed by atoms with Crippen LogP contribution < -0.4 is 9.62 Å². The first-order valence-electron chi connectivity index (χ1n) is 9.13. The van der Waals surface area contributed by atoms with Crippen molar-refractivity contribution in [3.05, 3.63) is 89.2 Å². The Hall–Kier alpha value is -3.19. The molecule has 0 aliphatic carbocycles. The van der Waals surface area contributed by atoms with E-state index in [0.717, 1.165) is 17.2 Å². The third kappa shape index (κ3) is 3.86. The summed E-state index contributed by atoms with van der Waals surface area (Å²) in [7, 11) is -3.87. The van der Waals surface area contributed by atoms with Gasteiger partial charge in [-0.05, 0) is 67.4 Å². The van der Waals surface area contributed by atoms with Gasteiger partial charge in [0.2, 0.25) is 0 Å². The fourth-order valence-corrected chi connectivity index (χ4v) is 4.47. The number of aryl methyl sites for hydroxylation is 1. The molecule has 0 spiro atoms. The van der Waals surface area contributed by atoms with Crippen LogP contribution in [-0.2, 0) is 16.4 Å². The highest BCUT2D eigenvalue weighted by Crippen LogP contribution is 2.32. The number of hydrogen-bond donors (Lipinski definition) is 1. The number of sulfonamides is 1. The van der Waals surface area contributed by atoms with Crippen LogP contribution in [0.4, 0.5) is 15.8 Å². The van der Waals surface area contributed by atoms with E-state index in [2.05, 4.69) is 4.72 Å². The van der Waals surface area contributed by atoms with Crippen LogP contribution >= 0.6 is 0 Å². The molecule has 5 nitrogen and oxygen atoms in total. The topological polar surface area (TPSA) is 66.5 Å². The monoisotopic (exact) mass is 410 g/mol. The van der Waals surface area contributed by atoms with E-state index in [1.54, 1.807) is 29.2 Å². The van der Waals surface area contributed by atoms with Crippen LogP contribution in [0.5, 0.6) is 0 Å². The van der Waals surface area contributed by atoms with Crippen LogP contribution in [0.3, 0.4) is 0 Å². The van der Waals surface area contributed by atoms with Crippen molar-refractivity contribution >= 4 is 27.3 Å². The van der Waals surface area contributed by atoms with E-state index in [1.165, 1.54) is 24.3 Å². The molecule has 1 amide bonds. The van der Waals surface area contributed by atoms with Gasteiger partial charge in [0.25, 0.3) is 15.9 Å². The van der Waals surface area contributed by atoms with E-state index >= 15 is 0 Å². The van der Waals surface area contributed by atoms with Gasteiger partial charge in [-0.3, -0.25) is 9.52 Å². The molecule has 3 aromatic carbocycles. The summed E-state index contributed by atoms with van der Waals surface area (Å²) in [4.78, 5) is 14.6. The maximum Gasteiger partial charge on any atom is 0.261 e. The maximum atomic E-state index is 13.3. The molecule has 0 atom stereocenters. The molecule has 0 aromatic heterocycles. The van der Waals surface area contributed by atoms with Gasteiger partial charge < -0.3 is 4.90 Å². The van der Waals surface area contributed by atoms with Gasteiger partial charge in [0.05, 0.1) is 10.6 Å². The lowest BCUT2D eigenvalue weighted by Crippen LogP contribution is -2.28. The van der Waals surface area contributed by atoms with Crippen molar-refractivity contribution in [2.24, 2.45) is 0 Å². The number of carbonyl (C=O) groups is 1. The third-order valence-electron chi connectivity index (χ3n) is 4.88. The molecular weight excluding hydrogens is 391 g/mol. The fourth-order valence-electron chi connectivity index (χ4n) is 3.37. The molecule has 0 saturated carbocycles. The molecule has 29 heavy (non-hydrogen) atoms. The number of benzene rings is 3. The highest BCUT2D eigenvalue weighted by Gasteiger charge is 2.27. The van der Waals surface area contributed by atoms with E-state index < -0.39 is 15.8 Å². The third-order valence-corrected chi connectivity index (χ3v) is 6.26. The van der Waals surface area contributed by atoms with Gasteiger partial charge in [0.1, 0.15) is 5.82 Å². The first-order valence-corrected chi connectivity index (χ1v) is 10.6. The van der Waals surface area contributed by atoms with Crippen molar-refractivity contribution in [3.8, 4) is 0 Å². The Morgan fingerprint density at radius 2 is 1.79 bits per heavy atom. The molecule has 0 fully saturated rings. The SMILES string of the molecule is Cc1ccc(C(=O)N2CCc3cc(S(=O)(=O)Nc4cccc(F)c4)ccc32)cc1. The van der Waals surface area contributed by atoms with Crippen LogP contribution in [0, 0.1) is 12.7 Å². The van der Waals surface area contributed by atoms with Crippen LogP contribution in [0.2, 0.25) is 0 Å². The Morgan fingerprint density at radius 3 is 2.52 bits per heavy atom. The van der Waals surface area contributed by atoms with Crippen LogP contribution in [-0.4, -0.2) is 20.9 Å². The van der Waals surface area contributed by atoms with E-state index in [0.29, 0.717) is 24.2 Å². The molecule has 4 rings (SSSR count). The summed E-state index contributed by atoms with van der Waals surface area (Å²) in [6.07, 6.45) is 0.566. The van der Waals surface area contributed by atoms with Gasteiger partial charge in [-0.15, -0.1) is 0 Å². The second-order valence-corrected chi connectivity index (χ2v) is 8.66. The Labute approximate surface area is 168 Å². The highest BCUT2D eigenvalue weighted by molar-refractivity contribution is 7.92. The van der Waals surface area contributed by atoms with Gasteiger partial charge in [-0.2, -0.15) is 0 Å². The minimum atomic E-state index is -3.87. The number of amides is 1. The lowest BCUT2D eigenvalue weighted by Gasteiger charge is -2.18. The number of anilines is 2. The number of hydrogen-bond acceptors (Lipinski definition) is 3. The van der Waals surface area contributed by atoms with Gasteiger partial charge in [0.15, 0.2) is 0 Å². The average molecular weight is 410 g/mol. The van der Waals surface area contributed by atoms with Crippen LogP contribution in [0.1, 0.15) is 21.5 Å². The summed E-state index contributed by atoms with van der Waals surface area (Å²) in [6.45, 7) is 2.45. The number of carbonyl (C=O) groups excluding carboxylic acids is 1. The van der Waals surface area contributed by atoms with Crippen molar-refractivity contribution in [2.75, 3.05) is 16.2 Å². The van der Waals surface area contributed by atoms with Gasteiger partial charge in [-0.25, -0.2) is 12.8 Å². The lowest BCUT2D eigenvalue weighted by atomic mass is 10.1. The zero-order valence-corrected chi connectivity index (χ0v) is 16.5. The van der Waals surface area contributed by atoms with Gasteiger partial charge in [-0.1, -0.05) is 23.8 Å². The fraction of sp³-hybridized carbons (Fsp3) is 0.136. The van der Waals surface area contributed by atoms with E-state index in [4.69, 9.17) is 0 Å². The normalized spacial score (nSPS) is 13.2. The smallest absolute Gasteiger partial charge is 0.261 e. The van der Waals surface area contributed by atoms with E-state index in [9.17, 15) is 17.6 Å². The molecule has 148 valence electrons. The van der Waals surface area contributed by atoms with Crippen molar-refractivity contribution < 1.29 is 17.6 Å². The number of halogens is 1. The molecule has 3 aromatic rings. The van der Waals surface area contributed by atoms with Crippen molar-refractivity contribution in [2.45, 2.75) is 18.2 Å². The second-order valence-electron chi connectivity index (χ2n) is 6.98. The summed E-state index contributed by atoms with van der Waals surface area (Å²) in [5.74, 6) is -0.637. The molecule has 7 heteroatoms. The van der Waals surface area contributed by atoms with Crippen LogP contribution in [0.15, 0.2) is 71.6 Å². The van der Waals surface area contributed by atoms with Crippen LogP contribution in [0.25, 0.3) is 0 Å². The van der Waals surface area contributed by atoms with Gasteiger partial charge in [0, 0.05) is 17.8 Å². The number of rotatable bonds is 4. The standard InChI is InChI=1S/C22H19FN2O3S/c1-15-5-7-16(8-6-15)22(26)25-12-11-17-13-20(9-10-21(17)25)29(27,28)24-19-4-2-3-18(23)14-19/h2-10,13-14,24H,11-12H2,1H3. The second kappa shape index (κ2) is 7.33. The zero-order chi connectivity index (χ0) is 20.6. The van der Waals surface area contributed by atoms with Crippen molar-refractivity contribution in [1.29, 1.82) is 0 Å². The summed E-state index contributed by atoms with van der Waals surface area (Å²) in [5.41, 5.74) is 3.31. The molecule has 1 aliphatic rings. The molecule has 0 radical (unpaired) electrons. The highest BCUT2D eigenvalue weighted by atomic mass is 32.2. The Morgan fingerprint density at radius 1 is 1.03 bits per heavy atom. The first-order chi connectivity index (χ1) is 13.8. The number of nitrogens with one attached hydrogen (secondary N) is 1. The summed E-state index contributed by atoms with van der Waals surface area (Å²) in [6, 6.07) is 17.3. The lowest BCUT2D eigenvalue weighted by molar-refractivity contribution is 0.0989. The Bertz CT molecular complexity index is 1190. The molecule has 1 heterocycles. The first kappa shape index (κ1) is 19.1. The largest absolute Gasteiger partial charge is 0.308 e. The minimum Gasteiger partial charge on any atom is -0.308 e. The van der Waals surface area contributed by atoms with Crippen molar-refractivity contribution in [3.63, 3.8) is 0 Å². The predicted octanol–water partition coefficient (Wildman–Crippen LogP) is 4.14. The average Bonchev–Trinajstić information content (AvgIpc) is 3.11. The summed E-state index contributed by atoms with van der Waals surface area (Å²) in [5, 5.41) is 0. The van der Waals surface area contributed by atoms with E-state index in [1.807, 2.05) is 19.1 Å². The molecule has 0 bridgehead atoms. The summed E-state index contributed by atoms with van der Waals surface area (Å²) >= 11 is 0. The predicted molar refractivity (Wildman–Crippen MR) is 110 cm³/mol. The van der Waals surface area contributed by atoms with Gasteiger partial charge >= 0.3 is 0 Å². The van der Waals surface area contributed by atoms with Crippen molar-refractivity contribution in [1.82, 2.24) is 0 Å². The Kier molecular flexibility index (Phi) is 4.84. The molecule has 0 unspecified atom stereocenters. The Balaban J connectivity index is 1.59.